The van der Waals surface area contributed by atoms with E-state index in [-0.39, 0.29) is 0 Å². The first-order valence-electron chi connectivity index (χ1n) is 7.95. The van der Waals surface area contributed by atoms with Crippen molar-refractivity contribution in [3.63, 3.8) is 0 Å². The minimum atomic E-state index is -1.30. The van der Waals surface area contributed by atoms with E-state index in [0.717, 1.165) is 10.0 Å². The number of hydrogen-bond acceptors (Lipinski definition) is 8. The summed E-state index contributed by atoms with van der Waals surface area (Å²) in [5, 5.41) is 24.6. The van der Waals surface area contributed by atoms with Crippen LogP contribution in [0.1, 0.15) is 0 Å². The van der Waals surface area contributed by atoms with Crippen LogP contribution < -0.4 is 16.9 Å². The Morgan fingerprint density at radius 3 is 1.82 bits per heavy atom. The lowest BCUT2D eigenvalue weighted by molar-refractivity contribution is 0.426. The number of pyridine rings is 2. The predicted molar refractivity (Wildman–Crippen MR) is 122 cm³/mol. The number of nitrogen functional groups attached to an aromatic ring is 2. The number of nitrogens with two attached hydrogens (primary N) is 2. The molecule has 0 aromatic carbocycles. The molecule has 6 nitrogen and oxygen atoms in total. The van der Waals surface area contributed by atoms with E-state index in [1.165, 1.54) is 16.9 Å². The van der Waals surface area contributed by atoms with Gasteiger partial charge in [0.1, 0.15) is 11.6 Å². The lowest BCUT2D eigenvalue weighted by atomic mass is 9.83. The molecule has 4 aromatic rings. The molecule has 144 valence electrons. The van der Waals surface area contributed by atoms with Gasteiger partial charge in [-0.15, -0.1) is 0 Å². The minimum absolute atomic E-state index is 0.549. The van der Waals surface area contributed by atoms with Crippen LogP contribution in [0.5, 0.6) is 0 Å². The molecule has 0 aliphatic carbocycles. The van der Waals surface area contributed by atoms with E-state index in [9.17, 15) is 0 Å². The van der Waals surface area contributed by atoms with Gasteiger partial charge in [-0.05, 0) is 78.8 Å². The predicted octanol–water partition coefficient (Wildman–Crippen LogP) is 3.25. The van der Waals surface area contributed by atoms with Crippen molar-refractivity contribution < 1.29 is 10.0 Å². The molecule has 0 aliphatic rings. The number of anilines is 2. The molecule has 0 atom stereocenters. The van der Waals surface area contributed by atoms with Gasteiger partial charge in [-0.25, -0.2) is 9.97 Å². The van der Waals surface area contributed by atoms with E-state index in [1.807, 2.05) is 23.6 Å². The van der Waals surface area contributed by atoms with E-state index in [4.69, 9.17) is 21.5 Å². The molecular weight excluding hydrogens is 459 g/mol. The van der Waals surface area contributed by atoms with Crippen LogP contribution in [0, 0.1) is 0 Å². The van der Waals surface area contributed by atoms with Crippen LogP contribution in [0.2, 0.25) is 0 Å². The molecule has 0 unspecified atom stereocenters. The van der Waals surface area contributed by atoms with Gasteiger partial charge in [0.25, 0.3) is 0 Å². The van der Waals surface area contributed by atoms with Crippen molar-refractivity contribution >= 4 is 62.8 Å². The van der Waals surface area contributed by atoms with Gasteiger partial charge in [-0.1, -0.05) is 6.07 Å². The average molecular weight is 477 g/mol. The first-order valence-corrected chi connectivity index (χ1v) is 10.6. The quantitative estimate of drug-likeness (QED) is 0.330. The molecule has 0 saturated carbocycles. The van der Waals surface area contributed by atoms with Gasteiger partial charge >= 0.3 is 7.12 Å². The average Bonchev–Trinajstić information content (AvgIpc) is 3.40. The summed E-state index contributed by atoms with van der Waals surface area (Å²) in [5.41, 5.74) is 13.6. The van der Waals surface area contributed by atoms with Gasteiger partial charge in [-0.3, -0.25) is 0 Å². The van der Waals surface area contributed by atoms with Crippen LogP contribution in [0.15, 0.2) is 74.8 Å². The second-order valence-corrected chi connectivity index (χ2v) is 7.79. The van der Waals surface area contributed by atoms with Crippen molar-refractivity contribution in [1.29, 1.82) is 0 Å². The molecule has 0 fully saturated rings. The van der Waals surface area contributed by atoms with Crippen LogP contribution in [0.25, 0.3) is 11.1 Å². The molecule has 0 spiro atoms. The van der Waals surface area contributed by atoms with Crippen molar-refractivity contribution in [3.8, 4) is 11.1 Å². The summed E-state index contributed by atoms with van der Waals surface area (Å²) >= 11 is 6.35. The van der Waals surface area contributed by atoms with E-state index in [0.29, 0.717) is 17.1 Å². The Bertz CT molecular complexity index is 898. The monoisotopic (exact) mass is 476 g/mol. The second kappa shape index (κ2) is 11.6. The standard InChI is InChI=1S/C9H8N2S.C5H5BrN2.C4H5BO2S/c10-9-2-1-7(5-11-9)8-3-4-12-6-8;6-4-1-2-5(7)8-3-4;6-5(7)4-1-2-8-3-4/h1-6H,(H2,10,11);1-3H,(H2,7,8);1-3,6-7H. The normalized spacial score (nSPS) is 9.54. The maximum absolute atomic E-state index is 8.47. The van der Waals surface area contributed by atoms with Crippen molar-refractivity contribution in [2.75, 3.05) is 11.5 Å². The first kappa shape index (κ1) is 22.1. The number of hydrogen-bond donors (Lipinski definition) is 4. The van der Waals surface area contributed by atoms with Gasteiger partial charge in [-0.2, -0.15) is 22.7 Å². The van der Waals surface area contributed by atoms with Crippen LogP contribution in [0.4, 0.5) is 11.6 Å². The van der Waals surface area contributed by atoms with Crippen LogP contribution >= 0.6 is 38.6 Å². The fourth-order valence-corrected chi connectivity index (χ4v) is 3.39. The Hall–Kier alpha value is -2.24. The summed E-state index contributed by atoms with van der Waals surface area (Å²) in [4.78, 5) is 7.83. The van der Waals surface area contributed by atoms with Crippen LogP contribution in [0.3, 0.4) is 0 Å². The molecule has 0 amide bonds. The fraction of sp³-hybridized carbons (Fsp3) is 0. The molecular formula is C18H18BBrN4O2S2. The third-order valence-electron chi connectivity index (χ3n) is 3.23. The molecule has 0 bridgehead atoms. The van der Waals surface area contributed by atoms with Crippen molar-refractivity contribution in [3.05, 3.63) is 74.8 Å². The van der Waals surface area contributed by atoms with Crippen molar-refractivity contribution in [2.45, 2.75) is 0 Å². The van der Waals surface area contributed by atoms with E-state index < -0.39 is 7.12 Å². The highest BCUT2D eigenvalue weighted by atomic mass is 79.9. The third kappa shape index (κ3) is 7.79. The zero-order valence-corrected chi connectivity index (χ0v) is 17.9. The zero-order chi connectivity index (χ0) is 20.4. The molecule has 0 saturated heterocycles. The van der Waals surface area contributed by atoms with Crippen LogP contribution in [-0.2, 0) is 0 Å². The summed E-state index contributed by atoms with van der Waals surface area (Å²) in [6, 6.07) is 11.1. The molecule has 4 rings (SSSR count). The lowest BCUT2D eigenvalue weighted by Crippen LogP contribution is -2.27. The summed E-state index contributed by atoms with van der Waals surface area (Å²) in [6.45, 7) is 0. The number of thiophene rings is 2. The van der Waals surface area contributed by atoms with Crippen LogP contribution in [-0.4, -0.2) is 27.1 Å². The largest absolute Gasteiger partial charge is 0.489 e. The fourth-order valence-electron chi connectivity index (χ4n) is 1.81. The molecule has 6 N–H and O–H groups in total. The number of nitrogens with zero attached hydrogens (tertiary/aromatic N) is 2. The smallest absolute Gasteiger partial charge is 0.423 e. The van der Waals surface area contributed by atoms with E-state index in [1.54, 1.807) is 46.6 Å². The number of aromatic nitrogens is 2. The molecule has 28 heavy (non-hydrogen) atoms. The Labute approximate surface area is 179 Å². The van der Waals surface area contributed by atoms with Gasteiger partial charge in [0, 0.05) is 22.4 Å². The number of halogens is 1. The molecule has 4 heterocycles. The SMILES string of the molecule is Nc1ccc(-c2ccsc2)cn1.Nc1ccc(Br)cn1.OB(O)c1ccsc1. The minimum Gasteiger partial charge on any atom is -0.423 e. The highest BCUT2D eigenvalue weighted by Gasteiger charge is 2.08. The van der Waals surface area contributed by atoms with Crippen molar-refractivity contribution in [1.82, 2.24) is 9.97 Å². The third-order valence-corrected chi connectivity index (χ3v) is 5.09. The summed E-state index contributed by atoms with van der Waals surface area (Å²) in [6.07, 6.45) is 3.45. The summed E-state index contributed by atoms with van der Waals surface area (Å²) in [5.74, 6) is 1.11. The first-order chi connectivity index (χ1) is 13.5. The topological polar surface area (TPSA) is 118 Å². The maximum atomic E-state index is 8.47. The highest BCUT2D eigenvalue weighted by molar-refractivity contribution is 9.10. The molecule has 4 aromatic heterocycles. The maximum Gasteiger partial charge on any atom is 0.489 e. The zero-order valence-electron chi connectivity index (χ0n) is 14.6. The van der Waals surface area contributed by atoms with E-state index >= 15 is 0 Å². The lowest BCUT2D eigenvalue weighted by Gasteiger charge is -1.96. The van der Waals surface area contributed by atoms with E-state index in [2.05, 4.69) is 37.3 Å². The molecule has 10 heteroatoms. The highest BCUT2D eigenvalue weighted by Crippen LogP contribution is 2.21. The Morgan fingerprint density at radius 2 is 1.43 bits per heavy atom. The molecule has 0 aliphatic heterocycles. The summed E-state index contributed by atoms with van der Waals surface area (Å²) in [7, 11) is -1.30. The summed E-state index contributed by atoms with van der Waals surface area (Å²) < 4.78 is 0.951. The van der Waals surface area contributed by atoms with Gasteiger partial charge in [0.2, 0.25) is 0 Å². The Balaban J connectivity index is 0.000000156. The van der Waals surface area contributed by atoms with Gasteiger partial charge in [0.15, 0.2) is 0 Å². The number of rotatable bonds is 2. The second-order valence-electron chi connectivity index (χ2n) is 5.32. The van der Waals surface area contributed by atoms with Crippen molar-refractivity contribution in [2.24, 2.45) is 0 Å². The Kier molecular flexibility index (Phi) is 9.12. The molecule has 0 radical (unpaired) electrons. The van der Waals surface area contributed by atoms with Gasteiger partial charge in [0.05, 0.1) is 0 Å². The Morgan fingerprint density at radius 1 is 0.786 bits per heavy atom. The van der Waals surface area contributed by atoms with Gasteiger partial charge < -0.3 is 21.5 Å².